The molecule has 0 aliphatic carbocycles. The summed E-state index contributed by atoms with van der Waals surface area (Å²) in [6.45, 7) is 4.25. The Hall–Kier alpha value is -3.93. The minimum Gasteiger partial charge on any atom is -0.315 e. The molecule has 4 amide bonds. The zero-order chi connectivity index (χ0) is 23.9. The molecule has 0 aromatic heterocycles. The van der Waals surface area contributed by atoms with Gasteiger partial charge in [0.1, 0.15) is 6.54 Å². The summed E-state index contributed by atoms with van der Waals surface area (Å²) in [5, 5.41) is 2.94. The van der Waals surface area contributed by atoms with Crippen molar-refractivity contribution in [1.29, 1.82) is 0 Å². The quantitative estimate of drug-likeness (QED) is 0.606. The predicted octanol–water partition coefficient (Wildman–Crippen LogP) is 4.08. The molecule has 5 rings (SSSR count). The maximum absolute atomic E-state index is 14.0. The Bertz CT molecular complexity index is 1290. The highest BCUT2D eigenvalue weighted by atomic mass is 16.2. The number of imide groups is 1. The van der Waals surface area contributed by atoms with E-state index in [9.17, 15) is 14.4 Å². The number of fused-ring (bicyclic) bond motifs is 1. The topological polar surface area (TPSA) is 69.7 Å². The molecule has 3 aromatic rings. The SMILES string of the molecule is Cc1ccc([C@@]2(c3ccccc3)NC(=O)N(CC(=O)N3CCCc4ccccc43)C2=O)cc1C. The minimum atomic E-state index is -1.38. The number of carbonyl (C=O) groups is 3. The van der Waals surface area contributed by atoms with Crippen LogP contribution in [-0.4, -0.2) is 35.8 Å². The van der Waals surface area contributed by atoms with E-state index in [4.69, 9.17) is 0 Å². The van der Waals surface area contributed by atoms with Gasteiger partial charge in [-0.25, -0.2) is 4.79 Å². The molecule has 0 spiro atoms. The largest absolute Gasteiger partial charge is 0.326 e. The van der Waals surface area contributed by atoms with Crippen LogP contribution in [0.1, 0.15) is 34.2 Å². The zero-order valence-corrected chi connectivity index (χ0v) is 19.4. The van der Waals surface area contributed by atoms with Crippen LogP contribution in [0.5, 0.6) is 0 Å². The molecule has 2 aliphatic heterocycles. The number of rotatable bonds is 4. The van der Waals surface area contributed by atoms with Gasteiger partial charge in [0.2, 0.25) is 5.91 Å². The van der Waals surface area contributed by atoms with Crippen LogP contribution in [0, 0.1) is 13.8 Å². The first-order valence-electron chi connectivity index (χ1n) is 11.6. The molecule has 0 saturated carbocycles. The highest BCUT2D eigenvalue weighted by Crippen LogP contribution is 2.37. The molecule has 34 heavy (non-hydrogen) atoms. The molecule has 1 atom stereocenters. The third-order valence-corrected chi connectivity index (χ3v) is 6.96. The fourth-order valence-corrected chi connectivity index (χ4v) is 4.95. The number of urea groups is 1. The number of benzene rings is 3. The number of carbonyl (C=O) groups excluding carboxylic acids is 3. The highest BCUT2D eigenvalue weighted by molar-refractivity contribution is 6.12. The van der Waals surface area contributed by atoms with Gasteiger partial charge in [0, 0.05) is 12.2 Å². The van der Waals surface area contributed by atoms with E-state index in [2.05, 4.69) is 5.32 Å². The van der Waals surface area contributed by atoms with E-state index in [1.54, 1.807) is 4.90 Å². The Morgan fingerprint density at radius 1 is 0.912 bits per heavy atom. The van der Waals surface area contributed by atoms with Crippen molar-refractivity contribution in [2.45, 2.75) is 32.2 Å². The van der Waals surface area contributed by atoms with Crippen LogP contribution in [-0.2, 0) is 21.5 Å². The lowest BCUT2D eigenvalue weighted by Crippen LogP contribution is -2.47. The van der Waals surface area contributed by atoms with Crippen LogP contribution in [0.25, 0.3) is 0 Å². The minimum absolute atomic E-state index is 0.264. The van der Waals surface area contributed by atoms with Crippen LogP contribution in [0.4, 0.5) is 10.5 Å². The summed E-state index contributed by atoms with van der Waals surface area (Å²) in [4.78, 5) is 43.2. The van der Waals surface area contributed by atoms with Gasteiger partial charge in [-0.15, -0.1) is 0 Å². The molecule has 2 heterocycles. The summed E-state index contributed by atoms with van der Waals surface area (Å²) in [6.07, 6.45) is 1.76. The molecule has 6 nitrogen and oxygen atoms in total. The van der Waals surface area contributed by atoms with Gasteiger partial charge < -0.3 is 10.2 Å². The number of nitrogens with one attached hydrogen (secondary N) is 1. The van der Waals surface area contributed by atoms with Gasteiger partial charge in [-0.1, -0.05) is 66.7 Å². The number of para-hydroxylation sites is 1. The summed E-state index contributed by atoms with van der Waals surface area (Å²) in [5.41, 5.74) is 4.04. The first-order valence-corrected chi connectivity index (χ1v) is 11.6. The van der Waals surface area contributed by atoms with Crippen molar-refractivity contribution in [2.75, 3.05) is 18.0 Å². The highest BCUT2D eigenvalue weighted by Gasteiger charge is 2.54. The average Bonchev–Trinajstić information content (AvgIpc) is 3.11. The lowest BCUT2D eigenvalue weighted by atomic mass is 9.81. The first-order chi connectivity index (χ1) is 16.4. The second kappa shape index (κ2) is 8.45. The van der Waals surface area contributed by atoms with Gasteiger partial charge in [0.25, 0.3) is 5.91 Å². The predicted molar refractivity (Wildman–Crippen MR) is 130 cm³/mol. The third kappa shape index (κ3) is 3.46. The summed E-state index contributed by atoms with van der Waals surface area (Å²) < 4.78 is 0. The normalized spacial score (nSPS) is 19.7. The van der Waals surface area contributed by atoms with Gasteiger partial charge >= 0.3 is 6.03 Å². The number of amides is 4. The van der Waals surface area contributed by atoms with Crippen LogP contribution in [0.2, 0.25) is 0 Å². The number of hydrogen-bond acceptors (Lipinski definition) is 3. The van der Waals surface area contributed by atoms with Crippen molar-refractivity contribution >= 4 is 23.5 Å². The number of anilines is 1. The Balaban J connectivity index is 1.51. The summed E-state index contributed by atoms with van der Waals surface area (Å²) in [5.74, 6) is -0.704. The lowest BCUT2D eigenvalue weighted by molar-refractivity contribution is -0.133. The monoisotopic (exact) mass is 453 g/mol. The lowest BCUT2D eigenvalue weighted by Gasteiger charge is -2.31. The van der Waals surface area contributed by atoms with Gasteiger partial charge in [0.05, 0.1) is 0 Å². The van der Waals surface area contributed by atoms with Crippen LogP contribution < -0.4 is 10.2 Å². The molecule has 0 bridgehead atoms. The molecule has 3 aromatic carbocycles. The second-order valence-electron chi connectivity index (χ2n) is 9.01. The average molecular weight is 454 g/mol. The maximum atomic E-state index is 14.0. The Morgan fingerprint density at radius 3 is 2.41 bits per heavy atom. The van der Waals surface area contributed by atoms with Crippen molar-refractivity contribution in [2.24, 2.45) is 0 Å². The summed E-state index contributed by atoms with van der Waals surface area (Å²) in [7, 11) is 0. The van der Waals surface area contributed by atoms with E-state index in [0.717, 1.165) is 40.1 Å². The van der Waals surface area contributed by atoms with Crippen LogP contribution in [0.15, 0.2) is 72.8 Å². The van der Waals surface area contributed by atoms with Gasteiger partial charge in [0.15, 0.2) is 5.54 Å². The molecule has 0 unspecified atom stereocenters. The summed E-state index contributed by atoms with van der Waals surface area (Å²) in [6, 6.07) is 22.2. The molecule has 1 fully saturated rings. The number of hydrogen-bond donors (Lipinski definition) is 1. The second-order valence-corrected chi connectivity index (χ2v) is 9.01. The van der Waals surface area contributed by atoms with Crippen molar-refractivity contribution < 1.29 is 14.4 Å². The van der Waals surface area contributed by atoms with Gasteiger partial charge in [-0.3, -0.25) is 14.5 Å². The van der Waals surface area contributed by atoms with Crippen molar-refractivity contribution in [3.8, 4) is 0 Å². The molecular weight excluding hydrogens is 426 g/mol. The standard InChI is InChI=1S/C28H27N3O3/c1-19-14-15-23(17-20(19)2)28(22-11-4-3-5-12-22)26(33)31(27(34)29-28)18-25(32)30-16-8-10-21-9-6-7-13-24(21)30/h3-7,9,11-15,17H,8,10,16,18H2,1-2H3,(H,29,34)/t28-/m1/s1. The molecule has 6 heteroatoms. The van der Waals surface area contributed by atoms with E-state index in [1.807, 2.05) is 86.6 Å². The third-order valence-electron chi connectivity index (χ3n) is 6.96. The Kier molecular flexibility index (Phi) is 5.44. The van der Waals surface area contributed by atoms with E-state index in [1.165, 1.54) is 0 Å². The first kappa shape index (κ1) is 21.9. The van der Waals surface area contributed by atoms with Crippen molar-refractivity contribution in [3.63, 3.8) is 0 Å². The molecule has 1 saturated heterocycles. The summed E-state index contributed by atoms with van der Waals surface area (Å²) >= 11 is 0. The van der Waals surface area contributed by atoms with E-state index < -0.39 is 17.5 Å². The molecule has 172 valence electrons. The van der Waals surface area contributed by atoms with Crippen molar-refractivity contribution in [3.05, 3.63) is 101 Å². The zero-order valence-electron chi connectivity index (χ0n) is 19.4. The number of nitrogens with zero attached hydrogens (tertiary/aromatic N) is 2. The molecule has 1 N–H and O–H groups in total. The van der Waals surface area contributed by atoms with E-state index >= 15 is 0 Å². The van der Waals surface area contributed by atoms with Crippen LogP contribution in [0.3, 0.4) is 0 Å². The van der Waals surface area contributed by atoms with E-state index in [-0.39, 0.29) is 12.5 Å². The fraction of sp³-hybridized carbons (Fsp3) is 0.250. The fourth-order valence-electron chi connectivity index (χ4n) is 4.95. The van der Waals surface area contributed by atoms with Gasteiger partial charge in [-0.05, 0) is 60.6 Å². The maximum Gasteiger partial charge on any atom is 0.326 e. The molecular formula is C28H27N3O3. The Labute approximate surface area is 199 Å². The molecule has 2 aliphatic rings. The smallest absolute Gasteiger partial charge is 0.315 e. The van der Waals surface area contributed by atoms with Crippen molar-refractivity contribution in [1.82, 2.24) is 10.2 Å². The Morgan fingerprint density at radius 2 is 1.65 bits per heavy atom. The number of aryl methyl sites for hydroxylation is 3. The van der Waals surface area contributed by atoms with E-state index in [0.29, 0.717) is 17.7 Å². The molecule has 0 radical (unpaired) electrons. The van der Waals surface area contributed by atoms with Gasteiger partial charge in [-0.2, -0.15) is 0 Å². The van der Waals surface area contributed by atoms with Crippen LogP contribution >= 0.6 is 0 Å².